The third kappa shape index (κ3) is 4.32. The van der Waals surface area contributed by atoms with Crippen LogP contribution in [0.25, 0.3) is 0 Å². The molecule has 0 bridgehead atoms. The summed E-state index contributed by atoms with van der Waals surface area (Å²) in [6, 6.07) is 4.06. The molecule has 0 spiro atoms. The maximum Gasteiger partial charge on any atom is 0.328 e. The lowest BCUT2D eigenvalue weighted by molar-refractivity contribution is -0.143. The Hall–Kier alpha value is -0.870. The maximum absolute atomic E-state index is 11.9. The second-order valence-corrected chi connectivity index (χ2v) is 7.00. The second-order valence-electron chi connectivity index (χ2n) is 5.88. The number of hydrogen-bond donors (Lipinski definition) is 1. The van der Waals surface area contributed by atoms with Crippen LogP contribution in [0.15, 0.2) is 12.1 Å². The van der Waals surface area contributed by atoms with Gasteiger partial charge in [-0.15, -0.1) is 11.3 Å². The molecule has 2 unspecified atom stereocenters. The molecule has 3 nitrogen and oxygen atoms in total. The lowest BCUT2D eigenvalue weighted by Crippen LogP contribution is -2.35. The first-order valence-corrected chi connectivity index (χ1v) is 7.55. The van der Waals surface area contributed by atoms with Crippen LogP contribution < -0.4 is 5.32 Å². The van der Waals surface area contributed by atoms with Crippen molar-refractivity contribution in [2.24, 2.45) is 0 Å². The number of hydrogen-bond acceptors (Lipinski definition) is 4. The molecule has 1 aromatic rings. The number of carbonyl (C=O) groups is 1. The first kappa shape index (κ1) is 16.2. The fraction of sp³-hybridized carbons (Fsp3) is 0.667. The van der Waals surface area contributed by atoms with E-state index in [0.717, 1.165) is 11.3 Å². The maximum atomic E-state index is 11.9. The van der Waals surface area contributed by atoms with Gasteiger partial charge in [0.2, 0.25) is 0 Å². The van der Waals surface area contributed by atoms with E-state index in [1.165, 1.54) is 12.0 Å². The minimum Gasteiger partial charge on any atom is -0.468 e. The van der Waals surface area contributed by atoms with E-state index in [-0.39, 0.29) is 23.5 Å². The molecule has 0 aliphatic rings. The molecule has 0 aliphatic heterocycles. The van der Waals surface area contributed by atoms with Crippen molar-refractivity contribution >= 4 is 17.3 Å². The number of methoxy groups -OCH3 is 1. The van der Waals surface area contributed by atoms with Gasteiger partial charge in [-0.1, -0.05) is 27.7 Å². The Bertz CT molecular complexity index is 420. The molecule has 108 valence electrons. The van der Waals surface area contributed by atoms with Gasteiger partial charge >= 0.3 is 5.97 Å². The Balaban J connectivity index is 2.98. The van der Waals surface area contributed by atoms with Crippen LogP contribution >= 0.6 is 11.3 Å². The van der Waals surface area contributed by atoms with Gasteiger partial charge in [0.1, 0.15) is 6.04 Å². The summed E-state index contributed by atoms with van der Waals surface area (Å²) in [4.78, 5) is 14.2. The Kier molecular flexibility index (Phi) is 5.56. The van der Waals surface area contributed by atoms with Gasteiger partial charge in [0.05, 0.1) is 7.11 Å². The van der Waals surface area contributed by atoms with Gasteiger partial charge in [-0.05, 0) is 30.9 Å². The van der Waals surface area contributed by atoms with E-state index in [1.54, 1.807) is 11.3 Å². The number of carbonyl (C=O) groups excluding carboxylic acids is 1. The van der Waals surface area contributed by atoms with Crippen molar-refractivity contribution in [2.45, 2.75) is 58.5 Å². The molecule has 2 atom stereocenters. The van der Waals surface area contributed by atoms with Crippen LogP contribution in [0.5, 0.6) is 0 Å². The first-order valence-electron chi connectivity index (χ1n) is 6.73. The van der Waals surface area contributed by atoms with Crippen molar-refractivity contribution in [3.8, 4) is 0 Å². The Morgan fingerprint density at radius 1 is 1.42 bits per heavy atom. The fourth-order valence-corrected chi connectivity index (χ4v) is 2.81. The highest BCUT2D eigenvalue weighted by Crippen LogP contribution is 2.33. The van der Waals surface area contributed by atoms with Crippen LogP contribution in [0, 0.1) is 0 Å². The SMILES string of the molecule is CCC(C)NC(C(=O)OC)c1ccc(C(C)(C)C)s1. The molecule has 1 rings (SSSR count). The number of nitrogens with one attached hydrogen (secondary N) is 1. The summed E-state index contributed by atoms with van der Waals surface area (Å²) in [5, 5.41) is 3.33. The summed E-state index contributed by atoms with van der Waals surface area (Å²) >= 11 is 1.68. The number of esters is 1. The normalized spacial score (nSPS) is 15.1. The second kappa shape index (κ2) is 6.53. The highest BCUT2D eigenvalue weighted by Gasteiger charge is 2.26. The van der Waals surface area contributed by atoms with Crippen LogP contribution in [0.1, 0.15) is 56.8 Å². The quantitative estimate of drug-likeness (QED) is 0.838. The molecule has 0 saturated heterocycles. The van der Waals surface area contributed by atoms with Crippen LogP contribution in [0.3, 0.4) is 0 Å². The van der Waals surface area contributed by atoms with Crippen LogP contribution in [0.4, 0.5) is 0 Å². The van der Waals surface area contributed by atoms with Gasteiger partial charge in [0.15, 0.2) is 0 Å². The Labute approximate surface area is 120 Å². The molecule has 0 amide bonds. The molecule has 1 aromatic heterocycles. The summed E-state index contributed by atoms with van der Waals surface area (Å²) in [5.41, 5.74) is 0.111. The molecule has 4 heteroatoms. The van der Waals surface area contributed by atoms with Crippen molar-refractivity contribution in [3.63, 3.8) is 0 Å². The number of rotatable bonds is 5. The third-order valence-electron chi connectivity index (χ3n) is 3.15. The standard InChI is InChI=1S/C15H25NO2S/c1-7-10(2)16-13(14(17)18-6)11-8-9-12(19-11)15(3,4)5/h8-10,13,16H,7H2,1-6H3. The van der Waals surface area contributed by atoms with Crippen LogP contribution in [0.2, 0.25) is 0 Å². The zero-order valence-electron chi connectivity index (χ0n) is 12.7. The van der Waals surface area contributed by atoms with Gasteiger partial charge in [0.25, 0.3) is 0 Å². The van der Waals surface area contributed by atoms with Crippen molar-refractivity contribution in [1.82, 2.24) is 5.32 Å². The van der Waals surface area contributed by atoms with Crippen LogP contribution in [-0.2, 0) is 14.9 Å². The van der Waals surface area contributed by atoms with E-state index in [2.05, 4.69) is 46.0 Å². The Morgan fingerprint density at radius 2 is 2.05 bits per heavy atom. The zero-order valence-corrected chi connectivity index (χ0v) is 13.6. The molecule has 0 fully saturated rings. The lowest BCUT2D eigenvalue weighted by Gasteiger charge is -2.20. The first-order chi connectivity index (χ1) is 8.79. The topological polar surface area (TPSA) is 38.3 Å². The molecular formula is C15H25NO2S. The predicted octanol–water partition coefficient (Wildman–Crippen LogP) is 3.65. The average molecular weight is 283 g/mol. The predicted molar refractivity (Wildman–Crippen MR) is 80.7 cm³/mol. The van der Waals surface area contributed by atoms with E-state index in [4.69, 9.17) is 4.74 Å². The fourth-order valence-electron chi connectivity index (χ4n) is 1.70. The van der Waals surface area contributed by atoms with Gasteiger partial charge in [-0.3, -0.25) is 5.32 Å². The molecule has 0 aromatic carbocycles. The van der Waals surface area contributed by atoms with Gasteiger partial charge < -0.3 is 4.74 Å². The van der Waals surface area contributed by atoms with E-state index < -0.39 is 0 Å². The molecule has 1 N–H and O–H groups in total. The number of ether oxygens (including phenoxy) is 1. The minimum atomic E-state index is -0.360. The minimum absolute atomic E-state index is 0.111. The largest absolute Gasteiger partial charge is 0.468 e. The van der Waals surface area contributed by atoms with Crippen LogP contribution in [-0.4, -0.2) is 19.1 Å². The molecular weight excluding hydrogens is 258 g/mol. The summed E-state index contributed by atoms with van der Waals surface area (Å²) in [5.74, 6) is -0.220. The molecule has 1 heterocycles. The highest BCUT2D eigenvalue weighted by atomic mass is 32.1. The summed E-state index contributed by atoms with van der Waals surface area (Å²) in [6.07, 6.45) is 0.977. The molecule has 19 heavy (non-hydrogen) atoms. The lowest BCUT2D eigenvalue weighted by atomic mass is 9.95. The van der Waals surface area contributed by atoms with E-state index in [1.807, 2.05) is 6.07 Å². The molecule has 0 aliphatic carbocycles. The average Bonchev–Trinajstić information content (AvgIpc) is 2.83. The van der Waals surface area contributed by atoms with Gasteiger partial charge in [-0.2, -0.15) is 0 Å². The highest BCUT2D eigenvalue weighted by molar-refractivity contribution is 7.12. The van der Waals surface area contributed by atoms with E-state index >= 15 is 0 Å². The van der Waals surface area contributed by atoms with Crippen molar-refractivity contribution in [1.29, 1.82) is 0 Å². The molecule has 0 radical (unpaired) electrons. The monoisotopic (exact) mass is 283 g/mol. The van der Waals surface area contributed by atoms with Gasteiger partial charge in [0, 0.05) is 15.8 Å². The smallest absolute Gasteiger partial charge is 0.328 e. The zero-order chi connectivity index (χ0) is 14.6. The third-order valence-corrected chi connectivity index (χ3v) is 4.73. The van der Waals surface area contributed by atoms with E-state index in [9.17, 15) is 4.79 Å². The van der Waals surface area contributed by atoms with Gasteiger partial charge in [-0.25, -0.2) is 4.79 Å². The number of thiophene rings is 1. The van der Waals surface area contributed by atoms with Crippen molar-refractivity contribution < 1.29 is 9.53 Å². The molecule has 0 saturated carbocycles. The van der Waals surface area contributed by atoms with Crippen molar-refractivity contribution in [3.05, 3.63) is 21.9 Å². The Morgan fingerprint density at radius 3 is 2.47 bits per heavy atom. The van der Waals surface area contributed by atoms with Crippen molar-refractivity contribution in [2.75, 3.05) is 7.11 Å². The summed E-state index contributed by atoms with van der Waals surface area (Å²) in [7, 11) is 1.44. The van der Waals surface area contributed by atoms with E-state index in [0.29, 0.717) is 0 Å². The summed E-state index contributed by atoms with van der Waals surface area (Å²) in [6.45, 7) is 10.7. The summed E-state index contributed by atoms with van der Waals surface area (Å²) < 4.78 is 4.91.